The summed E-state index contributed by atoms with van der Waals surface area (Å²) in [4.78, 5) is 31.6. The first kappa shape index (κ1) is 19.3. The molecular weight excluding hydrogens is 379 g/mol. The molecule has 0 bridgehead atoms. The molecule has 0 unspecified atom stereocenters. The number of aryl methyl sites for hydroxylation is 3. The fourth-order valence-electron chi connectivity index (χ4n) is 2.66. The van der Waals surface area contributed by atoms with Crippen LogP contribution in [-0.2, 0) is 13.2 Å². The van der Waals surface area contributed by atoms with Crippen molar-refractivity contribution in [3.8, 4) is 16.9 Å². The zero-order valence-corrected chi connectivity index (χ0v) is 14.9. The van der Waals surface area contributed by atoms with Gasteiger partial charge in [0.25, 0.3) is 5.56 Å². The van der Waals surface area contributed by atoms with Gasteiger partial charge in [0, 0.05) is 36.3 Å². The second-order valence-electron chi connectivity index (χ2n) is 6.10. The lowest BCUT2D eigenvalue weighted by Crippen LogP contribution is -2.24. The largest absolute Gasteiger partial charge is 0.477 e. The van der Waals surface area contributed by atoms with Crippen molar-refractivity contribution >= 4 is 5.97 Å². The number of carboxylic acid groups (broad SMARTS) is 1. The van der Waals surface area contributed by atoms with Gasteiger partial charge in [-0.3, -0.25) is 4.79 Å². The molecule has 3 rings (SSSR count). The first-order chi connectivity index (χ1) is 13.0. The van der Waals surface area contributed by atoms with Gasteiger partial charge in [-0.25, -0.2) is 19.4 Å². The summed E-state index contributed by atoms with van der Waals surface area (Å²) >= 11 is 0. The van der Waals surface area contributed by atoms with Gasteiger partial charge >= 0.3 is 12.1 Å². The minimum Gasteiger partial charge on any atom is -0.477 e. The Hall–Kier alpha value is -3.50. The Labute approximate surface area is 155 Å². The van der Waals surface area contributed by atoms with Gasteiger partial charge in [0.2, 0.25) is 0 Å². The van der Waals surface area contributed by atoms with Crippen LogP contribution in [-0.4, -0.2) is 35.4 Å². The maximum absolute atomic E-state index is 13.0. The van der Waals surface area contributed by atoms with Crippen molar-refractivity contribution < 1.29 is 23.1 Å². The number of nitrogens with zero attached hydrogens (tertiary/aromatic N) is 5. The van der Waals surface area contributed by atoms with Crippen LogP contribution in [0.4, 0.5) is 13.2 Å². The number of pyridine rings is 1. The SMILES string of the molecule is Cc1ncc(-c2cc(C(=O)O)c(=O)n(C)c2)c(-n2nc(C(F)(F)F)cc2C)n1. The highest BCUT2D eigenvalue weighted by molar-refractivity contribution is 5.89. The average molecular weight is 393 g/mol. The van der Waals surface area contributed by atoms with Crippen LogP contribution in [0, 0.1) is 13.8 Å². The molecule has 0 saturated carbocycles. The van der Waals surface area contributed by atoms with E-state index in [9.17, 15) is 27.9 Å². The molecule has 3 heterocycles. The number of carbonyl (C=O) groups is 1. The molecule has 0 fully saturated rings. The molecule has 1 N–H and O–H groups in total. The average Bonchev–Trinajstić information content (AvgIpc) is 2.99. The van der Waals surface area contributed by atoms with E-state index in [0.29, 0.717) is 0 Å². The number of halogens is 3. The smallest absolute Gasteiger partial charge is 0.435 e. The zero-order chi connectivity index (χ0) is 20.8. The lowest BCUT2D eigenvalue weighted by Gasteiger charge is -2.12. The summed E-state index contributed by atoms with van der Waals surface area (Å²) in [5.74, 6) is -1.10. The highest BCUT2D eigenvalue weighted by Gasteiger charge is 2.35. The number of hydrogen-bond acceptors (Lipinski definition) is 5. The molecule has 11 heteroatoms. The summed E-state index contributed by atoms with van der Waals surface area (Å²) in [6.45, 7) is 2.99. The number of carboxylic acids is 1. The van der Waals surface area contributed by atoms with Crippen LogP contribution >= 0.6 is 0 Å². The molecule has 0 amide bonds. The third-order valence-corrected chi connectivity index (χ3v) is 3.99. The third-order valence-electron chi connectivity index (χ3n) is 3.99. The number of alkyl halides is 3. The van der Waals surface area contributed by atoms with Crippen LogP contribution in [0.5, 0.6) is 0 Å². The minimum atomic E-state index is -4.63. The van der Waals surface area contributed by atoms with E-state index in [1.54, 1.807) is 6.92 Å². The van der Waals surface area contributed by atoms with E-state index in [1.165, 1.54) is 26.4 Å². The number of aromatic nitrogens is 5. The van der Waals surface area contributed by atoms with Crippen LogP contribution in [0.3, 0.4) is 0 Å². The van der Waals surface area contributed by atoms with E-state index in [1.807, 2.05) is 0 Å². The summed E-state index contributed by atoms with van der Waals surface area (Å²) in [6, 6.07) is 2.01. The van der Waals surface area contributed by atoms with Crippen molar-refractivity contribution in [1.82, 2.24) is 24.3 Å². The first-order valence-corrected chi connectivity index (χ1v) is 7.91. The molecule has 146 valence electrons. The van der Waals surface area contributed by atoms with Gasteiger partial charge in [0.05, 0.1) is 0 Å². The number of rotatable bonds is 3. The Bertz CT molecular complexity index is 1150. The van der Waals surface area contributed by atoms with Gasteiger partial charge in [-0.1, -0.05) is 0 Å². The highest BCUT2D eigenvalue weighted by atomic mass is 19.4. The van der Waals surface area contributed by atoms with Gasteiger partial charge < -0.3 is 9.67 Å². The van der Waals surface area contributed by atoms with Gasteiger partial charge in [0.1, 0.15) is 11.4 Å². The van der Waals surface area contributed by atoms with Gasteiger partial charge in [-0.05, 0) is 26.0 Å². The van der Waals surface area contributed by atoms with Crippen molar-refractivity contribution in [3.63, 3.8) is 0 Å². The maximum atomic E-state index is 13.0. The van der Waals surface area contributed by atoms with Crippen LogP contribution < -0.4 is 5.56 Å². The van der Waals surface area contributed by atoms with Crippen LogP contribution in [0.2, 0.25) is 0 Å². The molecule has 28 heavy (non-hydrogen) atoms. The maximum Gasteiger partial charge on any atom is 0.435 e. The highest BCUT2D eigenvalue weighted by Crippen LogP contribution is 2.31. The zero-order valence-electron chi connectivity index (χ0n) is 14.9. The standard InChI is InChI=1S/C17H14F3N5O3/c1-8-4-13(17(18,19)20)23-25(8)14-12(6-21-9(2)22-14)10-5-11(16(27)28)15(26)24(3)7-10/h4-7H,1-3H3,(H,27,28). The van der Waals surface area contributed by atoms with Gasteiger partial charge in [-0.2, -0.15) is 18.3 Å². The minimum absolute atomic E-state index is 0.0375. The Morgan fingerprint density at radius 2 is 1.89 bits per heavy atom. The molecule has 0 radical (unpaired) electrons. The lowest BCUT2D eigenvalue weighted by atomic mass is 10.1. The topological polar surface area (TPSA) is 103 Å². The van der Waals surface area contributed by atoms with Crippen LogP contribution in [0.15, 0.2) is 29.3 Å². The normalized spacial score (nSPS) is 11.6. The molecule has 0 aromatic carbocycles. The number of aromatic carboxylic acids is 1. The molecular formula is C17H14F3N5O3. The fourth-order valence-corrected chi connectivity index (χ4v) is 2.66. The van der Waals surface area contributed by atoms with Crippen molar-refractivity contribution in [1.29, 1.82) is 0 Å². The summed E-state index contributed by atoms with van der Waals surface area (Å²) < 4.78 is 41.2. The number of hydrogen-bond donors (Lipinski definition) is 1. The molecule has 8 nitrogen and oxygen atoms in total. The summed E-state index contributed by atoms with van der Waals surface area (Å²) in [5.41, 5.74) is -1.64. The van der Waals surface area contributed by atoms with Crippen molar-refractivity contribution in [2.45, 2.75) is 20.0 Å². The molecule has 3 aromatic rings. The lowest BCUT2D eigenvalue weighted by molar-refractivity contribution is -0.141. The van der Waals surface area contributed by atoms with Gasteiger partial charge in [0.15, 0.2) is 11.5 Å². The Morgan fingerprint density at radius 1 is 1.21 bits per heavy atom. The van der Waals surface area contributed by atoms with Crippen LogP contribution in [0.25, 0.3) is 16.9 Å². The van der Waals surface area contributed by atoms with E-state index in [-0.39, 0.29) is 28.5 Å². The van der Waals surface area contributed by atoms with Crippen molar-refractivity contribution in [3.05, 3.63) is 57.7 Å². The summed E-state index contributed by atoms with van der Waals surface area (Å²) in [6.07, 6.45) is -1.93. The third kappa shape index (κ3) is 3.38. The molecule has 3 aromatic heterocycles. The molecule has 0 aliphatic rings. The molecule has 0 aliphatic carbocycles. The second-order valence-corrected chi connectivity index (χ2v) is 6.10. The van der Waals surface area contributed by atoms with Crippen molar-refractivity contribution in [2.24, 2.45) is 7.05 Å². The van der Waals surface area contributed by atoms with E-state index < -0.39 is 29.0 Å². The molecule has 0 aliphatic heterocycles. The summed E-state index contributed by atoms with van der Waals surface area (Å²) in [7, 11) is 1.37. The van der Waals surface area contributed by atoms with Crippen molar-refractivity contribution in [2.75, 3.05) is 0 Å². The Kier molecular flexibility index (Phi) is 4.53. The fraction of sp³-hybridized carbons (Fsp3) is 0.235. The van der Waals surface area contributed by atoms with E-state index >= 15 is 0 Å². The Morgan fingerprint density at radius 3 is 2.46 bits per heavy atom. The second kappa shape index (κ2) is 6.59. The molecule has 0 atom stereocenters. The predicted octanol–water partition coefficient (Wildman–Crippen LogP) is 2.36. The van der Waals surface area contributed by atoms with Crippen LogP contribution in [0.1, 0.15) is 27.6 Å². The first-order valence-electron chi connectivity index (χ1n) is 7.91. The van der Waals surface area contributed by atoms with E-state index in [0.717, 1.165) is 21.4 Å². The summed E-state index contributed by atoms with van der Waals surface area (Å²) in [5, 5.41) is 12.8. The predicted molar refractivity (Wildman–Crippen MR) is 91.3 cm³/mol. The van der Waals surface area contributed by atoms with Gasteiger partial charge in [-0.15, -0.1) is 0 Å². The molecule has 0 saturated heterocycles. The monoisotopic (exact) mass is 393 g/mol. The molecule has 0 spiro atoms. The van der Waals surface area contributed by atoms with E-state index in [4.69, 9.17) is 0 Å². The van der Waals surface area contributed by atoms with E-state index in [2.05, 4.69) is 15.1 Å². The quantitative estimate of drug-likeness (QED) is 0.733. The Balaban J connectivity index is 2.29.